The Kier molecular flexibility index (Phi) is 6.11. The number of rotatable bonds is 5. The number of aryl methyl sites for hydroxylation is 1. The highest BCUT2D eigenvalue weighted by Gasteiger charge is 2.26. The third-order valence-electron chi connectivity index (χ3n) is 5.11. The zero-order valence-electron chi connectivity index (χ0n) is 16.7. The monoisotopic (exact) mass is 367 g/mol. The number of methoxy groups -OCH3 is 1. The van der Waals surface area contributed by atoms with Crippen molar-refractivity contribution in [2.75, 3.05) is 39.2 Å². The van der Waals surface area contributed by atoms with E-state index in [0.717, 1.165) is 54.1 Å². The maximum Gasteiger partial charge on any atom is 0.253 e. The van der Waals surface area contributed by atoms with E-state index in [0.29, 0.717) is 6.61 Å². The van der Waals surface area contributed by atoms with Gasteiger partial charge in [-0.3, -0.25) is 9.78 Å². The fraction of sp³-hybridized carbons (Fsp3) is 0.455. The molecule has 1 atom stereocenters. The standard InChI is InChI=1S/C22H29N3O2/c1-16-12-20(24(2)3)13-21(23-16)19-6-5-11-25(14-19)22(26)18-9-7-17(8-10-18)15-27-4/h7-10,12-13,19H,5-6,11,14-15H2,1-4H3/t19-/m1/s1. The first-order valence-electron chi connectivity index (χ1n) is 9.51. The number of likely N-dealkylation sites (tertiary alicyclic amines) is 1. The third-order valence-corrected chi connectivity index (χ3v) is 5.11. The van der Waals surface area contributed by atoms with Gasteiger partial charge in [0.05, 0.1) is 6.61 Å². The second-order valence-electron chi connectivity index (χ2n) is 7.51. The first kappa shape index (κ1) is 19.4. The number of carbonyl (C=O) groups is 1. The number of anilines is 1. The highest BCUT2D eigenvalue weighted by Crippen LogP contribution is 2.29. The molecule has 1 aromatic heterocycles. The summed E-state index contributed by atoms with van der Waals surface area (Å²) in [5.74, 6) is 0.387. The SMILES string of the molecule is COCc1ccc(C(=O)N2CCC[C@@H](c3cc(N(C)C)cc(C)n3)C2)cc1. The largest absolute Gasteiger partial charge is 0.380 e. The number of ether oxygens (including phenoxy) is 1. The van der Waals surface area contributed by atoms with Gasteiger partial charge in [-0.2, -0.15) is 0 Å². The molecule has 3 rings (SSSR count). The summed E-state index contributed by atoms with van der Waals surface area (Å²) in [5.41, 5.74) is 5.09. The van der Waals surface area contributed by atoms with E-state index in [1.165, 1.54) is 0 Å². The molecule has 0 N–H and O–H groups in total. The summed E-state index contributed by atoms with van der Waals surface area (Å²) in [5, 5.41) is 0. The number of pyridine rings is 1. The molecule has 0 aliphatic carbocycles. The molecule has 5 nitrogen and oxygen atoms in total. The van der Waals surface area contributed by atoms with Crippen LogP contribution in [-0.4, -0.2) is 50.1 Å². The van der Waals surface area contributed by atoms with Crippen LogP contribution in [0.4, 0.5) is 5.69 Å². The number of aromatic nitrogens is 1. The molecule has 0 radical (unpaired) electrons. The van der Waals surface area contributed by atoms with Gasteiger partial charge in [-0.15, -0.1) is 0 Å². The van der Waals surface area contributed by atoms with E-state index in [2.05, 4.69) is 17.0 Å². The van der Waals surface area contributed by atoms with E-state index in [1.807, 2.05) is 50.2 Å². The van der Waals surface area contributed by atoms with Crippen molar-refractivity contribution in [3.63, 3.8) is 0 Å². The number of amides is 1. The summed E-state index contributed by atoms with van der Waals surface area (Å²) in [6.07, 6.45) is 2.07. The molecular weight excluding hydrogens is 338 g/mol. The number of benzene rings is 1. The van der Waals surface area contributed by atoms with Crippen molar-refractivity contribution >= 4 is 11.6 Å². The topological polar surface area (TPSA) is 45.7 Å². The molecule has 1 aliphatic rings. The van der Waals surface area contributed by atoms with Crippen molar-refractivity contribution in [2.24, 2.45) is 0 Å². The van der Waals surface area contributed by atoms with Gasteiger partial charge in [0.2, 0.25) is 0 Å². The lowest BCUT2D eigenvalue weighted by Crippen LogP contribution is -2.39. The Bertz CT molecular complexity index is 787. The van der Waals surface area contributed by atoms with E-state index in [1.54, 1.807) is 7.11 Å². The Hall–Kier alpha value is -2.40. The average molecular weight is 367 g/mol. The number of nitrogens with zero attached hydrogens (tertiary/aromatic N) is 3. The third kappa shape index (κ3) is 4.66. The van der Waals surface area contributed by atoms with Crippen molar-refractivity contribution in [3.8, 4) is 0 Å². The first-order valence-corrected chi connectivity index (χ1v) is 9.51. The quantitative estimate of drug-likeness (QED) is 0.810. The summed E-state index contributed by atoms with van der Waals surface area (Å²) < 4.78 is 5.14. The zero-order valence-corrected chi connectivity index (χ0v) is 16.7. The lowest BCUT2D eigenvalue weighted by atomic mass is 9.93. The van der Waals surface area contributed by atoms with E-state index in [9.17, 15) is 4.79 Å². The number of hydrogen-bond donors (Lipinski definition) is 0. The van der Waals surface area contributed by atoms with Gasteiger partial charge in [0.1, 0.15) is 0 Å². The predicted octanol–water partition coefficient (Wildman–Crippen LogP) is 3.62. The number of carbonyl (C=O) groups excluding carboxylic acids is 1. The Morgan fingerprint density at radius 1 is 1.26 bits per heavy atom. The van der Waals surface area contributed by atoms with Crippen LogP contribution in [0, 0.1) is 6.92 Å². The van der Waals surface area contributed by atoms with Crippen molar-refractivity contribution in [1.29, 1.82) is 0 Å². The van der Waals surface area contributed by atoms with Gasteiger partial charge in [0.15, 0.2) is 0 Å². The molecule has 5 heteroatoms. The molecule has 2 aromatic rings. The van der Waals surface area contributed by atoms with E-state index in [-0.39, 0.29) is 11.8 Å². The minimum Gasteiger partial charge on any atom is -0.380 e. The lowest BCUT2D eigenvalue weighted by Gasteiger charge is -2.33. The summed E-state index contributed by atoms with van der Waals surface area (Å²) in [6, 6.07) is 12.0. The maximum absolute atomic E-state index is 13.0. The minimum atomic E-state index is 0.101. The Labute approximate surface area is 162 Å². The van der Waals surface area contributed by atoms with Crippen LogP contribution in [0.15, 0.2) is 36.4 Å². The molecule has 1 amide bonds. The first-order chi connectivity index (χ1) is 13.0. The van der Waals surface area contributed by atoms with Crippen LogP contribution in [0.3, 0.4) is 0 Å². The molecule has 0 saturated carbocycles. The van der Waals surface area contributed by atoms with Crippen LogP contribution in [0.2, 0.25) is 0 Å². The molecule has 0 unspecified atom stereocenters. The zero-order chi connectivity index (χ0) is 19.4. The predicted molar refractivity (Wildman–Crippen MR) is 108 cm³/mol. The second-order valence-corrected chi connectivity index (χ2v) is 7.51. The van der Waals surface area contributed by atoms with E-state index >= 15 is 0 Å². The number of hydrogen-bond acceptors (Lipinski definition) is 4. The van der Waals surface area contributed by atoms with E-state index < -0.39 is 0 Å². The highest BCUT2D eigenvalue weighted by molar-refractivity contribution is 5.94. The van der Waals surface area contributed by atoms with Gasteiger partial charge < -0.3 is 14.5 Å². The minimum absolute atomic E-state index is 0.101. The van der Waals surface area contributed by atoms with Crippen molar-refractivity contribution in [3.05, 3.63) is 58.9 Å². The lowest BCUT2D eigenvalue weighted by molar-refractivity contribution is 0.0706. The Morgan fingerprint density at radius 2 is 2.00 bits per heavy atom. The van der Waals surface area contributed by atoms with Gasteiger partial charge in [0, 0.05) is 62.9 Å². The van der Waals surface area contributed by atoms with Crippen LogP contribution < -0.4 is 4.90 Å². The van der Waals surface area contributed by atoms with E-state index in [4.69, 9.17) is 9.72 Å². The summed E-state index contributed by atoms with van der Waals surface area (Å²) in [4.78, 5) is 21.8. The fourth-order valence-electron chi connectivity index (χ4n) is 3.64. The Morgan fingerprint density at radius 3 is 2.67 bits per heavy atom. The molecule has 1 saturated heterocycles. The molecule has 1 aliphatic heterocycles. The van der Waals surface area contributed by atoms with Crippen molar-refractivity contribution in [2.45, 2.75) is 32.3 Å². The average Bonchev–Trinajstić information content (AvgIpc) is 2.68. The van der Waals surface area contributed by atoms with Gasteiger partial charge >= 0.3 is 0 Å². The molecule has 0 spiro atoms. The molecule has 2 heterocycles. The summed E-state index contributed by atoms with van der Waals surface area (Å²) >= 11 is 0. The van der Waals surface area contributed by atoms with Gasteiger partial charge in [-0.1, -0.05) is 12.1 Å². The smallest absolute Gasteiger partial charge is 0.253 e. The van der Waals surface area contributed by atoms with Crippen molar-refractivity contribution in [1.82, 2.24) is 9.88 Å². The van der Waals surface area contributed by atoms with Crippen LogP contribution >= 0.6 is 0 Å². The normalized spacial score (nSPS) is 17.0. The molecular formula is C22H29N3O2. The maximum atomic E-state index is 13.0. The fourth-order valence-corrected chi connectivity index (χ4v) is 3.64. The van der Waals surface area contributed by atoms with Crippen LogP contribution in [0.5, 0.6) is 0 Å². The summed E-state index contributed by atoms with van der Waals surface area (Å²) in [6.45, 7) is 4.13. The van der Waals surface area contributed by atoms with Crippen LogP contribution in [0.25, 0.3) is 0 Å². The molecule has 27 heavy (non-hydrogen) atoms. The van der Waals surface area contributed by atoms with Crippen LogP contribution in [-0.2, 0) is 11.3 Å². The Balaban J connectivity index is 1.75. The highest BCUT2D eigenvalue weighted by atomic mass is 16.5. The van der Waals surface area contributed by atoms with Crippen LogP contribution in [0.1, 0.15) is 46.1 Å². The molecule has 1 aromatic carbocycles. The summed E-state index contributed by atoms with van der Waals surface area (Å²) in [7, 11) is 5.76. The van der Waals surface area contributed by atoms with Gasteiger partial charge in [-0.05, 0) is 49.6 Å². The van der Waals surface area contributed by atoms with Gasteiger partial charge in [0.25, 0.3) is 5.91 Å². The molecule has 1 fully saturated rings. The van der Waals surface area contributed by atoms with Gasteiger partial charge in [-0.25, -0.2) is 0 Å². The number of piperidine rings is 1. The molecule has 144 valence electrons. The molecule has 0 bridgehead atoms. The second kappa shape index (κ2) is 8.53. The van der Waals surface area contributed by atoms with Crippen molar-refractivity contribution < 1.29 is 9.53 Å².